The number of para-hydroxylation sites is 1. The van der Waals surface area contributed by atoms with Crippen LogP contribution in [0.15, 0.2) is 91.0 Å². The molecule has 0 spiro atoms. The fraction of sp³-hybridized carbons (Fsp3) is 0.0690. The molecule has 5 aromatic rings. The number of benzene rings is 3. The van der Waals surface area contributed by atoms with E-state index in [0.29, 0.717) is 22.3 Å². The predicted octanol–water partition coefficient (Wildman–Crippen LogP) is 6.74. The minimum absolute atomic E-state index is 0.0703. The highest BCUT2D eigenvalue weighted by Gasteiger charge is 2.27. The molecule has 0 amide bonds. The molecule has 33 heavy (non-hydrogen) atoms. The summed E-state index contributed by atoms with van der Waals surface area (Å²) in [4.78, 5) is 18.1. The number of carbonyl (C=O) groups is 1. The number of aromatic nitrogens is 2. The number of nitrogens with zero attached hydrogens (tertiary/aromatic N) is 3. The van der Waals surface area contributed by atoms with Crippen molar-refractivity contribution in [2.24, 2.45) is 0 Å². The SMILES string of the molecule is CC(=O)c1c(-c2ccccc2)nc2c(C#N)c(C)n(-c3ccccc3)c2c1-c1ccccc1. The number of fused-ring (bicyclic) bond motifs is 1. The molecule has 0 aliphatic carbocycles. The third-order valence-corrected chi connectivity index (χ3v) is 5.92. The number of hydrogen-bond donors (Lipinski definition) is 0. The molecule has 0 N–H and O–H groups in total. The first kappa shape index (κ1) is 20.4. The Kier molecular flexibility index (Phi) is 5.08. The molecule has 158 valence electrons. The predicted molar refractivity (Wildman–Crippen MR) is 131 cm³/mol. The van der Waals surface area contributed by atoms with Gasteiger partial charge in [0.1, 0.15) is 11.6 Å². The summed E-state index contributed by atoms with van der Waals surface area (Å²) >= 11 is 0. The molecule has 2 heterocycles. The average molecular weight is 428 g/mol. The molecule has 4 heteroatoms. The van der Waals surface area contributed by atoms with Crippen LogP contribution in [0.1, 0.15) is 28.5 Å². The van der Waals surface area contributed by atoms with Gasteiger partial charge in [0.05, 0.1) is 22.3 Å². The molecule has 0 aliphatic heterocycles. The van der Waals surface area contributed by atoms with Crippen LogP contribution in [0.2, 0.25) is 0 Å². The van der Waals surface area contributed by atoms with Crippen LogP contribution >= 0.6 is 0 Å². The van der Waals surface area contributed by atoms with Crippen LogP contribution < -0.4 is 0 Å². The first-order valence-electron chi connectivity index (χ1n) is 10.8. The molecule has 3 aromatic carbocycles. The van der Waals surface area contributed by atoms with E-state index >= 15 is 0 Å². The molecule has 0 radical (unpaired) electrons. The van der Waals surface area contributed by atoms with Gasteiger partial charge in [-0.2, -0.15) is 5.26 Å². The van der Waals surface area contributed by atoms with Crippen LogP contribution in [0.5, 0.6) is 0 Å². The van der Waals surface area contributed by atoms with E-state index in [9.17, 15) is 10.1 Å². The van der Waals surface area contributed by atoms with Gasteiger partial charge in [-0.05, 0) is 31.5 Å². The lowest BCUT2D eigenvalue weighted by atomic mass is 9.92. The van der Waals surface area contributed by atoms with E-state index in [1.165, 1.54) is 0 Å². The van der Waals surface area contributed by atoms with Crippen molar-refractivity contribution < 1.29 is 4.79 Å². The van der Waals surface area contributed by atoms with Gasteiger partial charge in [-0.1, -0.05) is 78.9 Å². The summed E-state index contributed by atoms with van der Waals surface area (Å²) in [7, 11) is 0. The van der Waals surface area contributed by atoms with Crippen molar-refractivity contribution in [2.75, 3.05) is 0 Å². The lowest BCUT2D eigenvalue weighted by molar-refractivity contribution is 0.101. The standard InChI is InChI=1S/C29H21N3O/c1-19-24(18-30)28-29(32(19)23-16-10-5-11-17-23)26(21-12-6-3-7-13-21)25(20(2)33)27(31-28)22-14-8-4-9-15-22/h3-17H,1-2H3. The number of ketones is 1. The number of Topliss-reactive ketones (excluding diaryl/α,β-unsaturated/α-hetero) is 1. The summed E-state index contributed by atoms with van der Waals surface area (Å²) in [6.07, 6.45) is 0. The largest absolute Gasteiger partial charge is 0.310 e. The van der Waals surface area contributed by atoms with E-state index < -0.39 is 0 Å². The molecule has 4 nitrogen and oxygen atoms in total. The fourth-order valence-electron chi connectivity index (χ4n) is 4.49. The molecule has 2 aromatic heterocycles. The summed E-state index contributed by atoms with van der Waals surface area (Å²) in [5, 5.41) is 10.1. The van der Waals surface area contributed by atoms with E-state index in [1.54, 1.807) is 6.92 Å². The topological polar surface area (TPSA) is 58.7 Å². The van der Waals surface area contributed by atoms with Crippen molar-refractivity contribution in [3.63, 3.8) is 0 Å². The molecule has 0 atom stereocenters. The van der Waals surface area contributed by atoms with Gasteiger partial charge in [-0.25, -0.2) is 4.98 Å². The second-order valence-electron chi connectivity index (χ2n) is 7.94. The molecular weight excluding hydrogens is 406 g/mol. The van der Waals surface area contributed by atoms with Crippen LogP contribution in [0, 0.1) is 18.3 Å². The highest BCUT2D eigenvalue weighted by Crippen LogP contribution is 2.41. The summed E-state index contributed by atoms with van der Waals surface area (Å²) in [6, 6.07) is 31.8. The van der Waals surface area contributed by atoms with E-state index in [4.69, 9.17) is 4.98 Å². The Balaban J connectivity index is 2.06. The Hall–Kier alpha value is -4.49. The summed E-state index contributed by atoms with van der Waals surface area (Å²) in [6.45, 7) is 3.51. The minimum atomic E-state index is -0.0703. The molecule has 0 unspecified atom stereocenters. The van der Waals surface area contributed by atoms with Gasteiger partial charge >= 0.3 is 0 Å². The number of carbonyl (C=O) groups excluding carboxylic acids is 1. The van der Waals surface area contributed by atoms with E-state index in [-0.39, 0.29) is 5.78 Å². The van der Waals surface area contributed by atoms with Crippen LogP contribution in [-0.4, -0.2) is 15.3 Å². The number of nitriles is 1. The van der Waals surface area contributed by atoms with Gasteiger partial charge in [-0.15, -0.1) is 0 Å². The zero-order valence-corrected chi connectivity index (χ0v) is 18.4. The van der Waals surface area contributed by atoms with Crippen LogP contribution in [0.4, 0.5) is 0 Å². The van der Waals surface area contributed by atoms with Gasteiger partial charge in [0.2, 0.25) is 0 Å². The Morgan fingerprint density at radius 1 is 0.848 bits per heavy atom. The average Bonchev–Trinajstić information content (AvgIpc) is 3.15. The van der Waals surface area contributed by atoms with Crippen molar-refractivity contribution >= 4 is 16.8 Å². The molecule has 5 rings (SSSR count). The molecule has 0 saturated heterocycles. The lowest BCUT2D eigenvalue weighted by Gasteiger charge is -2.17. The van der Waals surface area contributed by atoms with E-state index in [1.807, 2.05) is 102 Å². The van der Waals surface area contributed by atoms with Gasteiger partial charge in [0.15, 0.2) is 5.78 Å². The summed E-state index contributed by atoms with van der Waals surface area (Å²) in [5.41, 5.74) is 7.29. The highest BCUT2D eigenvalue weighted by atomic mass is 16.1. The monoisotopic (exact) mass is 427 g/mol. The molecular formula is C29H21N3O. The van der Waals surface area contributed by atoms with E-state index in [2.05, 4.69) is 6.07 Å². The number of rotatable bonds is 4. The third kappa shape index (κ3) is 3.31. The Labute approximate surface area is 192 Å². The molecule has 0 bridgehead atoms. The fourth-order valence-corrected chi connectivity index (χ4v) is 4.49. The second-order valence-corrected chi connectivity index (χ2v) is 7.94. The first-order valence-corrected chi connectivity index (χ1v) is 10.8. The smallest absolute Gasteiger partial charge is 0.162 e. The maximum absolute atomic E-state index is 13.2. The maximum atomic E-state index is 13.2. The van der Waals surface area contributed by atoms with Gasteiger partial charge in [0.25, 0.3) is 0 Å². The Morgan fingerprint density at radius 3 is 1.94 bits per heavy atom. The van der Waals surface area contributed by atoms with E-state index in [0.717, 1.165) is 33.6 Å². The Morgan fingerprint density at radius 2 is 1.39 bits per heavy atom. The molecule has 0 fully saturated rings. The zero-order chi connectivity index (χ0) is 22.9. The summed E-state index contributed by atoms with van der Waals surface area (Å²) < 4.78 is 2.05. The lowest BCUT2D eigenvalue weighted by Crippen LogP contribution is -2.06. The Bertz CT molecular complexity index is 1530. The van der Waals surface area contributed by atoms with Crippen molar-refractivity contribution in [3.05, 3.63) is 108 Å². The van der Waals surface area contributed by atoms with Crippen molar-refractivity contribution in [2.45, 2.75) is 13.8 Å². The third-order valence-electron chi connectivity index (χ3n) is 5.92. The number of hydrogen-bond acceptors (Lipinski definition) is 3. The zero-order valence-electron chi connectivity index (χ0n) is 18.4. The summed E-state index contributed by atoms with van der Waals surface area (Å²) in [5.74, 6) is -0.0703. The van der Waals surface area contributed by atoms with Crippen LogP contribution in [0.3, 0.4) is 0 Å². The van der Waals surface area contributed by atoms with Crippen LogP contribution in [0.25, 0.3) is 39.1 Å². The molecule has 0 aliphatic rings. The van der Waals surface area contributed by atoms with Gasteiger partial charge < -0.3 is 4.57 Å². The van der Waals surface area contributed by atoms with Crippen molar-refractivity contribution in [1.29, 1.82) is 5.26 Å². The highest BCUT2D eigenvalue weighted by molar-refractivity contribution is 6.13. The maximum Gasteiger partial charge on any atom is 0.162 e. The number of pyridine rings is 1. The van der Waals surface area contributed by atoms with Gasteiger partial charge in [0, 0.05) is 22.5 Å². The second kappa shape index (κ2) is 8.22. The van der Waals surface area contributed by atoms with Crippen molar-refractivity contribution in [1.82, 2.24) is 9.55 Å². The minimum Gasteiger partial charge on any atom is -0.310 e. The normalized spacial score (nSPS) is 10.8. The van der Waals surface area contributed by atoms with Crippen LogP contribution in [-0.2, 0) is 0 Å². The van der Waals surface area contributed by atoms with Gasteiger partial charge in [-0.3, -0.25) is 4.79 Å². The molecule has 0 saturated carbocycles. The van der Waals surface area contributed by atoms with Crippen molar-refractivity contribution in [3.8, 4) is 34.1 Å². The first-order chi connectivity index (χ1) is 16.1. The quantitative estimate of drug-likeness (QED) is 0.298.